The molecule has 0 aliphatic heterocycles. The molecule has 0 heterocycles. The van der Waals surface area contributed by atoms with Gasteiger partial charge in [0.1, 0.15) is 0 Å². The first-order chi connectivity index (χ1) is 4.31. The Morgan fingerprint density at radius 2 is 2.44 bits per heavy atom. The van der Waals surface area contributed by atoms with Crippen LogP contribution < -0.4 is 0 Å². The minimum atomic E-state index is 0.444. The van der Waals surface area contributed by atoms with E-state index < -0.39 is 0 Å². The van der Waals surface area contributed by atoms with Gasteiger partial charge in [-0.3, -0.25) is 0 Å². The van der Waals surface area contributed by atoms with E-state index in [4.69, 9.17) is 0 Å². The minimum absolute atomic E-state index is 0.444. The number of hydrogen-bond donors (Lipinski definition) is 0. The van der Waals surface area contributed by atoms with Crippen LogP contribution in [0.2, 0.25) is 0 Å². The normalized spacial score (nSPS) is 11.1. The molecule has 0 aromatic carbocycles. The van der Waals surface area contributed by atoms with Gasteiger partial charge in [-0.05, 0) is 13.8 Å². The second-order valence-corrected chi connectivity index (χ2v) is 1.82. The highest BCUT2D eigenvalue weighted by Gasteiger charge is 1.87. The molecule has 0 aromatic rings. The Balaban J connectivity index is 3.17. The third-order valence-electron chi connectivity index (χ3n) is 1.15. The zero-order valence-corrected chi connectivity index (χ0v) is 5.81. The molecular weight excluding hydrogens is 116 g/mol. The summed E-state index contributed by atoms with van der Waals surface area (Å²) in [4.78, 5) is 9.51. The lowest BCUT2D eigenvalue weighted by Crippen LogP contribution is -1.91. The molecule has 2 nitrogen and oxygen atoms in total. The standard InChI is InChI=1S/C7H11O2/c1-3-7(2)4-5-9-6-8/h3H,4-5H2,1-2H3/b7-3+. The van der Waals surface area contributed by atoms with E-state index in [1.807, 2.05) is 19.9 Å². The van der Waals surface area contributed by atoms with Gasteiger partial charge in [0.25, 0.3) is 0 Å². The molecule has 1 radical (unpaired) electrons. The maximum Gasteiger partial charge on any atom is 0.417 e. The lowest BCUT2D eigenvalue weighted by molar-refractivity contribution is 0.281. The van der Waals surface area contributed by atoms with Crippen LogP contribution in [0.4, 0.5) is 0 Å². The molecule has 0 aliphatic rings. The van der Waals surface area contributed by atoms with Gasteiger partial charge < -0.3 is 4.74 Å². The SMILES string of the molecule is C/C=C(\C)CCO[C]=O. The van der Waals surface area contributed by atoms with E-state index in [9.17, 15) is 4.79 Å². The number of carbonyl (C=O) groups excluding carboxylic acids is 1. The Kier molecular flexibility index (Phi) is 4.88. The van der Waals surface area contributed by atoms with Gasteiger partial charge in [-0.2, -0.15) is 0 Å². The predicted molar refractivity (Wildman–Crippen MR) is 35.7 cm³/mol. The second-order valence-electron chi connectivity index (χ2n) is 1.82. The van der Waals surface area contributed by atoms with Crippen LogP contribution in [0, 0.1) is 0 Å². The Hall–Kier alpha value is -0.790. The van der Waals surface area contributed by atoms with E-state index >= 15 is 0 Å². The maximum absolute atomic E-state index is 9.51. The number of hydrogen-bond acceptors (Lipinski definition) is 2. The quantitative estimate of drug-likeness (QED) is 0.421. The fraction of sp³-hybridized carbons (Fsp3) is 0.571. The second kappa shape index (κ2) is 5.35. The fourth-order valence-corrected chi connectivity index (χ4v) is 0.398. The molecule has 0 aromatic heterocycles. The van der Waals surface area contributed by atoms with Gasteiger partial charge in [0, 0.05) is 6.42 Å². The van der Waals surface area contributed by atoms with Crippen molar-refractivity contribution in [2.24, 2.45) is 0 Å². The largest absolute Gasteiger partial charge is 0.457 e. The molecule has 0 fully saturated rings. The molecule has 0 unspecified atom stereocenters. The molecule has 0 atom stereocenters. The predicted octanol–water partition coefficient (Wildman–Crippen LogP) is 1.43. The van der Waals surface area contributed by atoms with Gasteiger partial charge in [0.15, 0.2) is 0 Å². The summed E-state index contributed by atoms with van der Waals surface area (Å²) in [6.45, 7) is 5.77. The van der Waals surface area contributed by atoms with Crippen molar-refractivity contribution in [1.82, 2.24) is 0 Å². The van der Waals surface area contributed by atoms with Crippen molar-refractivity contribution in [3.8, 4) is 0 Å². The van der Waals surface area contributed by atoms with Gasteiger partial charge in [0.05, 0.1) is 6.61 Å². The Labute approximate surface area is 55.5 Å². The molecule has 0 saturated heterocycles. The van der Waals surface area contributed by atoms with E-state index in [0.29, 0.717) is 6.61 Å². The summed E-state index contributed by atoms with van der Waals surface area (Å²) >= 11 is 0. The van der Waals surface area contributed by atoms with Crippen molar-refractivity contribution in [3.05, 3.63) is 11.6 Å². The lowest BCUT2D eigenvalue weighted by atomic mass is 10.2. The molecule has 0 bridgehead atoms. The zero-order valence-electron chi connectivity index (χ0n) is 5.81. The average Bonchev–Trinajstić information content (AvgIpc) is 1.89. The smallest absolute Gasteiger partial charge is 0.417 e. The van der Waals surface area contributed by atoms with Crippen molar-refractivity contribution in [3.63, 3.8) is 0 Å². The van der Waals surface area contributed by atoms with Gasteiger partial charge in [-0.1, -0.05) is 11.6 Å². The Morgan fingerprint density at radius 3 is 2.89 bits per heavy atom. The van der Waals surface area contributed by atoms with Gasteiger partial charge in [0.2, 0.25) is 0 Å². The third kappa shape index (κ3) is 5.07. The number of ether oxygens (including phenoxy) is 1. The molecule has 51 valence electrons. The van der Waals surface area contributed by atoms with Crippen molar-refractivity contribution in [2.75, 3.05) is 6.61 Å². The molecule has 2 heteroatoms. The van der Waals surface area contributed by atoms with Crippen molar-refractivity contribution < 1.29 is 9.53 Å². The zero-order chi connectivity index (χ0) is 7.11. The van der Waals surface area contributed by atoms with Crippen LogP contribution in [0.3, 0.4) is 0 Å². The van der Waals surface area contributed by atoms with Gasteiger partial charge in [-0.15, -0.1) is 0 Å². The van der Waals surface area contributed by atoms with Crippen molar-refractivity contribution >= 4 is 6.47 Å². The van der Waals surface area contributed by atoms with Gasteiger partial charge in [-0.25, -0.2) is 4.79 Å². The van der Waals surface area contributed by atoms with Crippen LogP contribution >= 0.6 is 0 Å². The minimum Gasteiger partial charge on any atom is -0.457 e. The van der Waals surface area contributed by atoms with E-state index in [1.54, 1.807) is 0 Å². The van der Waals surface area contributed by atoms with Crippen LogP contribution in [0.25, 0.3) is 0 Å². The third-order valence-corrected chi connectivity index (χ3v) is 1.15. The van der Waals surface area contributed by atoms with Crippen LogP contribution in [-0.2, 0) is 9.53 Å². The molecule has 9 heavy (non-hydrogen) atoms. The molecule has 0 amide bonds. The van der Waals surface area contributed by atoms with E-state index in [-0.39, 0.29) is 0 Å². The lowest BCUT2D eigenvalue weighted by Gasteiger charge is -1.95. The van der Waals surface area contributed by atoms with Crippen LogP contribution in [0.1, 0.15) is 20.3 Å². The average molecular weight is 127 g/mol. The Bertz CT molecular complexity index is 105. The molecule has 0 saturated carbocycles. The number of rotatable bonds is 4. The molecule has 0 spiro atoms. The summed E-state index contributed by atoms with van der Waals surface area (Å²) in [6.07, 6.45) is 2.81. The fourth-order valence-electron chi connectivity index (χ4n) is 0.398. The summed E-state index contributed by atoms with van der Waals surface area (Å²) in [7, 11) is 0. The first-order valence-electron chi connectivity index (χ1n) is 2.92. The van der Waals surface area contributed by atoms with Crippen LogP contribution in [-0.4, -0.2) is 13.1 Å². The maximum atomic E-state index is 9.51. The molecule has 0 N–H and O–H groups in total. The summed E-state index contributed by atoms with van der Waals surface area (Å²) in [5.41, 5.74) is 1.23. The first kappa shape index (κ1) is 8.21. The highest BCUT2D eigenvalue weighted by molar-refractivity contribution is 5.38. The van der Waals surface area contributed by atoms with Crippen LogP contribution in [0.5, 0.6) is 0 Å². The summed E-state index contributed by atoms with van der Waals surface area (Å²) in [6, 6.07) is 0. The van der Waals surface area contributed by atoms with E-state index in [1.165, 1.54) is 12.0 Å². The summed E-state index contributed by atoms with van der Waals surface area (Å²) in [5, 5.41) is 0. The first-order valence-corrected chi connectivity index (χ1v) is 2.92. The number of allylic oxidation sites excluding steroid dienone is 1. The monoisotopic (exact) mass is 127 g/mol. The topological polar surface area (TPSA) is 26.3 Å². The Morgan fingerprint density at radius 1 is 1.78 bits per heavy atom. The van der Waals surface area contributed by atoms with Gasteiger partial charge >= 0.3 is 6.47 Å². The van der Waals surface area contributed by atoms with E-state index in [2.05, 4.69) is 4.74 Å². The molecule has 0 rings (SSSR count). The van der Waals surface area contributed by atoms with Crippen LogP contribution in [0.15, 0.2) is 11.6 Å². The molecule has 0 aliphatic carbocycles. The van der Waals surface area contributed by atoms with E-state index in [0.717, 1.165) is 6.42 Å². The molecular formula is C7H11O2. The summed E-state index contributed by atoms with van der Waals surface area (Å²) < 4.78 is 4.36. The summed E-state index contributed by atoms with van der Waals surface area (Å²) in [5.74, 6) is 0. The highest BCUT2D eigenvalue weighted by atomic mass is 16.5. The highest BCUT2D eigenvalue weighted by Crippen LogP contribution is 1.97. The van der Waals surface area contributed by atoms with Crippen molar-refractivity contribution in [2.45, 2.75) is 20.3 Å². The van der Waals surface area contributed by atoms with Crippen molar-refractivity contribution in [1.29, 1.82) is 0 Å².